The minimum Gasteiger partial charge on any atom is -0.493 e. The number of nitrogens with zero attached hydrogens (tertiary/aromatic N) is 2. The van der Waals surface area contributed by atoms with Crippen molar-refractivity contribution in [3.05, 3.63) is 69.3 Å². The molecular formula is C26H27FN2O6. The SMILES string of the molecule is COc1ccc(C2c3c(oc4ccc(F)cc4c3=O)C(=O)N2CCCN2CCOCC2)cc1OC. The van der Waals surface area contributed by atoms with E-state index in [9.17, 15) is 14.0 Å². The van der Waals surface area contributed by atoms with Crippen molar-refractivity contribution in [3.8, 4) is 11.5 Å². The van der Waals surface area contributed by atoms with E-state index < -0.39 is 17.3 Å². The summed E-state index contributed by atoms with van der Waals surface area (Å²) in [6.45, 7) is 4.32. The van der Waals surface area contributed by atoms with Gasteiger partial charge in [0, 0.05) is 26.2 Å². The van der Waals surface area contributed by atoms with Gasteiger partial charge in [-0.15, -0.1) is 0 Å². The van der Waals surface area contributed by atoms with Crippen LogP contribution in [-0.2, 0) is 4.74 Å². The predicted molar refractivity (Wildman–Crippen MR) is 127 cm³/mol. The summed E-state index contributed by atoms with van der Waals surface area (Å²) in [6, 6.07) is 8.36. The minimum absolute atomic E-state index is 0.000246. The van der Waals surface area contributed by atoms with Crippen LogP contribution in [0.15, 0.2) is 45.6 Å². The Morgan fingerprint density at radius 2 is 1.77 bits per heavy atom. The molecule has 1 unspecified atom stereocenters. The van der Waals surface area contributed by atoms with Crippen LogP contribution in [0.25, 0.3) is 11.0 Å². The van der Waals surface area contributed by atoms with Gasteiger partial charge in [-0.3, -0.25) is 14.5 Å². The lowest BCUT2D eigenvalue weighted by atomic mass is 9.98. The van der Waals surface area contributed by atoms with Gasteiger partial charge in [0.05, 0.1) is 44.4 Å². The van der Waals surface area contributed by atoms with E-state index in [1.54, 1.807) is 30.2 Å². The largest absolute Gasteiger partial charge is 0.493 e. The summed E-state index contributed by atoms with van der Waals surface area (Å²) in [5.74, 6) is 0.118. The number of rotatable bonds is 7. The number of hydrogen-bond acceptors (Lipinski definition) is 7. The van der Waals surface area contributed by atoms with Crippen LogP contribution in [0.3, 0.4) is 0 Å². The fourth-order valence-electron chi connectivity index (χ4n) is 4.88. The maximum Gasteiger partial charge on any atom is 0.290 e. The van der Waals surface area contributed by atoms with Gasteiger partial charge >= 0.3 is 0 Å². The number of halogens is 1. The molecule has 3 aromatic rings. The zero-order valence-corrected chi connectivity index (χ0v) is 19.7. The molecule has 1 aromatic heterocycles. The average molecular weight is 483 g/mol. The van der Waals surface area contributed by atoms with Gasteiger partial charge in [0.15, 0.2) is 16.9 Å². The normalized spacial score (nSPS) is 18.2. The second-order valence-electron chi connectivity index (χ2n) is 8.64. The molecule has 0 aliphatic carbocycles. The van der Waals surface area contributed by atoms with E-state index in [2.05, 4.69) is 4.90 Å². The molecule has 0 radical (unpaired) electrons. The number of hydrogen-bond donors (Lipinski definition) is 0. The third-order valence-corrected chi connectivity index (χ3v) is 6.63. The molecule has 1 fully saturated rings. The lowest BCUT2D eigenvalue weighted by molar-refractivity contribution is 0.0353. The first-order valence-corrected chi connectivity index (χ1v) is 11.6. The molecule has 0 N–H and O–H groups in total. The molecule has 1 amide bonds. The van der Waals surface area contributed by atoms with Gasteiger partial charge in [0.25, 0.3) is 5.91 Å². The number of ether oxygens (including phenoxy) is 3. The lowest BCUT2D eigenvalue weighted by Gasteiger charge is -2.29. The summed E-state index contributed by atoms with van der Waals surface area (Å²) in [5, 5.41) is 0.109. The maximum atomic E-state index is 14.0. The van der Waals surface area contributed by atoms with Gasteiger partial charge in [0.2, 0.25) is 5.76 Å². The Kier molecular flexibility index (Phi) is 6.44. The van der Waals surface area contributed by atoms with E-state index in [1.807, 2.05) is 0 Å². The molecule has 8 nitrogen and oxygen atoms in total. The highest BCUT2D eigenvalue weighted by Crippen LogP contribution is 2.41. The highest BCUT2D eigenvalue weighted by molar-refractivity contribution is 5.99. The van der Waals surface area contributed by atoms with Crippen LogP contribution >= 0.6 is 0 Å². The third-order valence-electron chi connectivity index (χ3n) is 6.63. The van der Waals surface area contributed by atoms with Gasteiger partial charge in [-0.1, -0.05) is 6.07 Å². The number of carbonyl (C=O) groups excluding carboxylic acids is 1. The molecule has 9 heteroatoms. The Morgan fingerprint density at radius 3 is 2.51 bits per heavy atom. The zero-order valence-electron chi connectivity index (χ0n) is 19.7. The van der Waals surface area contributed by atoms with Gasteiger partial charge in [-0.05, 0) is 42.3 Å². The molecule has 0 saturated carbocycles. The average Bonchev–Trinajstić information content (AvgIpc) is 3.16. The van der Waals surface area contributed by atoms with Crippen LogP contribution in [0.1, 0.15) is 34.1 Å². The smallest absolute Gasteiger partial charge is 0.290 e. The standard InChI is InChI=1S/C26H27FN2O6/c1-32-20-6-4-16(14-21(20)33-2)23-22-24(30)18-15-17(27)5-7-19(18)35-25(22)26(31)29(23)9-3-8-28-10-12-34-13-11-28/h4-7,14-15,23H,3,8-13H2,1-2H3. The second-order valence-corrected chi connectivity index (χ2v) is 8.64. The first kappa shape index (κ1) is 23.3. The van der Waals surface area contributed by atoms with Crippen LogP contribution in [0.4, 0.5) is 4.39 Å². The Morgan fingerprint density at radius 1 is 1.00 bits per heavy atom. The molecule has 1 atom stereocenters. The number of methoxy groups -OCH3 is 2. The minimum atomic E-state index is -0.689. The van der Waals surface area contributed by atoms with E-state index in [0.29, 0.717) is 43.2 Å². The van der Waals surface area contributed by atoms with E-state index >= 15 is 0 Å². The quantitative estimate of drug-likeness (QED) is 0.512. The van der Waals surface area contributed by atoms with E-state index in [4.69, 9.17) is 18.6 Å². The summed E-state index contributed by atoms with van der Waals surface area (Å²) >= 11 is 0. The Hall–Kier alpha value is -3.43. The van der Waals surface area contributed by atoms with Crippen LogP contribution < -0.4 is 14.9 Å². The summed E-state index contributed by atoms with van der Waals surface area (Å²) < 4.78 is 36.1. The first-order valence-electron chi connectivity index (χ1n) is 11.6. The molecule has 184 valence electrons. The molecule has 2 aliphatic rings. The van der Waals surface area contributed by atoms with Gasteiger partial charge in [-0.25, -0.2) is 4.39 Å². The Bertz CT molecular complexity index is 1320. The lowest BCUT2D eigenvalue weighted by Crippen LogP contribution is -2.38. The number of fused-ring (bicyclic) bond motifs is 2. The molecule has 35 heavy (non-hydrogen) atoms. The first-order chi connectivity index (χ1) is 17.0. The van der Waals surface area contributed by atoms with Crippen molar-refractivity contribution < 1.29 is 27.8 Å². The van der Waals surface area contributed by atoms with Crippen LogP contribution in [-0.4, -0.2) is 69.3 Å². The van der Waals surface area contributed by atoms with Gasteiger partial charge in [-0.2, -0.15) is 0 Å². The van der Waals surface area contributed by atoms with E-state index in [0.717, 1.165) is 25.7 Å². The fraction of sp³-hybridized carbons (Fsp3) is 0.385. The molecule has 5 rings (SSSR count). The topological polar surface area (TPSA) is 81.5 Å². The predicted octanol–water partition coefficient (Wildman–Crippen LogP) is 3.22. The highest BCUT2D eigenvalue weighted by Gasteiger charge is 2.42. The third kappa shape index (κ3) is 4.26. The van der Waals surface area contributed by atoms with Crippen LogP contribution in [0.2, 0.25) is 0 Å². The molecular weight excluding hydrogens is 455 g/mol. The van der Waals surface area contributed by atoms with Crippen molar-refractivity contribution in [1.29, 1.82) is 0 Å². The number of carbonyl (C=O) groups is 1. The molecule has 0 spiro atoms. The molecule has 2 aromatic carbocycles. The van der Waals surface area contributed by atoms with E-state index in [1.165, 1.54) is 19.2 Å². The van der Waals surface area contributed by atoms with Crippen LogP contribution in [0, 0.1) is 5.82 Å². The van der Waals surface area contributed by atoms with Crippen molar-refractivity contribution in [2.75, 3.05) is 53.6 Å². The van der Waals surface area contributed by atoms with E-state index in [-0.39, 0.29) is 28.2 Å². The fourth-order valence-corrected chi connectivity index (χ4v) is 4.88. The molecule has 2 aliphatic heterocycles. The summed E-state index contributed by atoms with van der Waals surface area (Å²) in [4.78, 5) is 31.0. The van der Waals surface area contributed by atoms with Gasteiger partial charge < -0.3 is 23.5 Å². The Labute approximate surface area is 201 Å². The van der Waals surface area contributed by atoms with Crippen molar-refractivity contribution in [2.45, 2.75) is 12.5 Å². The number of amides is 1. The second kappa shape index (κ2) is 9.67. The number of morpholine rings is 1. The van der Waals surface area contributed by atoms with Crippen molar-refractivity contribution in [1.82, 2.24) is 9.80 Å². The summed E-state index contributed by atoms with van der Waals surface area (Å²) in [6.07, 6.45) is 0.714. The summed E-state index contributed by atoms with van der Waals surface area (Å²) in [5.41, 5.74) is 0.671. The number of benzene rings is 2. The zero-order chi connectivity index (χ0) is 24.5. The monoisotopic (exact) mass is 482 g/mol. The van der Waals surface area contributed by atoms with Crippen molar-refractivity contribution in [2.24, 2.45) is 0 Å². The van der Waals surface area contributed by atoms with Crippen LogP contribution in [0.5, 0.6) is 11.5 Å². The maximum absolute atomic E-state index is 14.0. The Balaban J connectivity index is 1.57. The molecule has 1 saturated heterocycles. The summed E-state index contributed by atoms with van der Waals surface area (Å²) in [7, 11) is 3.07. The van der Waals surface area contributed by atoms with Gasteiger partial charge in [0.1, 0.15) is 11.4 Å². The van der Waals surface area contributed by atoms with Crippen molar-refractivity contribution >= 4 is 16.9 Å². The molecule has 3 heterocycles. The van der Waals surface area contributed by atoms with Crippen molar-refractivity contribution in [3.63, 3.8) is 0 Å². The highest BCUT2D eigenvalue weighted by atomic mass is 19.1. The molecule has 0 bridgehead atoms.